The maximum absolute atomic E-state index is 8.89. The van der Waals surface area contributed by atoms with Crippen molar-refractivity contribution in [3.05, 3.63) is 53.7 Å². The van der Waals surface area contributed by atoms with E-state index in [0.717, 1.165) is 45.1 Å². The lowest BCUT2D eigenvalue weighted by Gasteiger charge is -2.35. The Hall–Kier alpha value is -2.49. The first kappa shape index (κ1) is 17.3. The number of rotatable bonds is 6. The smallest absolute Gasteiger partial charge is 0.151 e. The van der Waals surface area contributed by atoms with E-state index in [1.807, 2.05) is 36.4 Å². The summed E-state index contributed by atoms with van der Waals surface area (Å²) in [4.78, 5) is 4.60. The fourth-order valence-electron chi connectivity index (χ4n) is 3.07. The quantitative estimate of drug-likeness (QED) is 0.804. The van der Waals surface area contributed by atoms with Crippen molar-refractivity contribution in [3.63, 3.8) is 0 Å². The van der Waals surface area contributed by atoms with Crippen LogP contribution in [0.5, 0.6) is 0 Å². The molecule has 1 fully saturated rings. The highest BCUT2D eigenvalue weighted by Crippen LogP contribution is 2.15. The molecule has 2 heterocycles. The van der Waals surface area contributed by atoms with E-state index >= 15 is 0 Å². The summed E-state index contributed by atoms with van der Waals surface area (Å²) in [6.45, 7) is 7.21. The molecule has 1 atom stereocenters. The van der Waals surface area contributed by atoms with E-state index in [2.05, 4.69) is 33.0 Å². The van der Waals surface area contributed by atoms with E-state index in [1.165, 1.54) is 5.56 Å². The van der Waals surface area contributed by atoms with Gasteiger partial charge in [-0.05, 0) is 36.8 Å². The van der Waals surface area contributed by atoms with Gasteiger partial charge in [-0.25, -0.2) is 0 Å². The molecular formula is C19H23N5O. The lowest BCUT2D eigenvalue weighted by molar-refractivity contribution is -0.0268. The number of morpholine rings is 1. The van der Waals surface area contributed by atoms with Gasteiger partial charge in [0.1, 0.15) is 0 Å². The normalized spacial score (nSPS) is 17.8. The molecule has 0 unspecified atom stereocenters. The third kappa shape index (κ3) is 4.75. The Balaban J connectivity index is 1.57. The van der Waals surface area contributed by atoms with E-state index in [4.69, 9.17) is 10.00 Å². The van der Waals surface area contributed by atoms with Crippen molar-refractivity contribution in [2.24, 2.45) is 0 Å². The second-order valence-electron chi connectivity index (χ2n) is 6.16. The van der Waals surface area contributed by atoms with Crippen molar-refractivity contribution in [2.75, 3.05) is 37.7 Å². The van der Waals surface area contributed by atoms with Gasteiger partial charge in [-0.2, -0.15) is 10.4 Å². The van der Waals surface area contributed by atoms with E-state index < -0.39 is 0 Å². The van der Waals surface area contributed by atoms with Crippen LogP contribution >= 0.6 is 0 Å². The second-order valence-corrected chi connectivity index (χ2v) is 6.16. The number of nitrogens with zero attached hydrogens (tertiary/aromatic N) is 5. The molecule has 0 aliphatic carbocycles. The van der Waals surface area contributed by atoms with Gasteiger partial charge in [0.05, 0.1) is 24.3 Å². The van der Waals surface area contributed by atoms with Crippen molar-refractivity contribution in [3.8, 4) is 6.07 Å². The summed E-state index contributed by atoms with van der Waals surface area (Å²) in [5, 5.41) is 17.1. The Morgan fingerprint density at radius 2 is 2.16 bits per heavy atom. The van der Waals surface area contributed by atoms with Gasteiger partial charge in [-0.1, -0.05) is 12.1 Å². The molecule has 6 heteroatoms. The van der Waals surface area contributed by atoms with Gasteiger partial charge in [0, 0.05) is 38.9 Å². The number of anilines is 1. The Morgan fingerprint density at radius 3 is 2.84 bits per heavy atom. The van der Waals surface area contributed by atoms with Crippen LogP contribution in [0.15, 0.2) is 42.6 Å². The molecule has 2 aromatic rings. The molecule has 0 amide bonds. The Morgan fingerprint density at radius 1 is 1.32 bits per heavy atom. The molecule has 0 saturated carbocycles. The fourth-order valence-corrected chi connectivity index (χ4v) is 3.07. The van der Waals surface area contributed by atoms with Crippen molar-refractivity contribution in [2.45, 2.75) is 19.6 Å². The number of benzene rings is 1. The first-order chi connectivity index (χ1) is 12.3. The van der Waals surface area contributed by atoms with Crippen LogP contribution in [0.1, 0.15) is 18.1 Å². The number of hydrogen-bond donors (Lipinski definition) is 0. The molecule has 0 N–H and O–H groups in total. The van der Waals surface area contributed by atoms with Crippen molar-refractivity contribution >= 4 is 5.82 Å². The summed E-state index contributed by atoms with van der Waals surface area (Å²) < 4.78 is 5.96. The average molecular weight is 337 g/mol. The first-order valence-corrected chi connectivity index (χ1v) is 8.64. The molecule has 6 nitrogen and oxygen atoms in total. The van der Waals surface area contributed by atoms with Crippen LogP contribution < -0.4 is 4.90 Å². The van der Waals surface area contributed by atoms with Crippen LogP contribution in [-0.4, -0.2) is 54.0 Å². The number of hydrogen-bond acceptors (Lipinski definition) is 6. The highest BCUT2D eigenvalue weighted by atomic mass is 16.5. The van der Waals surface area contributed by atoms with Gasteiger partial charge in [0.2, 0.25) is 0 Å². The lowest BCUT2D eigenvalue weighted by atomic mass is 10.1. The molecule has 1 aromatic heterocycles. The largest absolute Gasteiger partial charge is 0.374 e. The van der Waals surface area contributed by atoms with Gasteiger partial charge in [0.15, 0.2) is 5.82 Å². The predicted molar refractivity (Wildman–Crippen MR) is 96.1 cm³/mol. The Kier molecular flexibility index (Phi) is 5.94. The van der Waals surface area contributed by atoms with Gasteiger partial charge < -0.3 is 9.64 Å². The third-order valence-corrected chi connectivity index (χ3v) is 4.40. The highest BCUT2D eigenvalue weighted by molar-refractivity contribution is 5.36. The van der Waals surface area contributed by atoms with Gasteiger partial charge in [0.25, 0.3) is 0 Å². The predicted octanol–water partition coefficient (Wildman–Crippen LogP) is 2.08. The molecule has 3 rings (SSSR count). The van der Waals surface area contributed by atoms with Crippen LogP contribution in [0.3, 0.4) is 0 Å². The minimum absolute atomic E-state index is 0.147. The summed E-state index contributed by atoms with van der Waals surface area (Å²) in [7, 11) is 0. The average Bonchev–Trinajstić information content (AvgIpc) is 2.68. The maximum atomic E-state index is 8.89. The zero-order valence-corrected chi connectivity index (χ0v) is 14.5. The molecule has 1 aliphatic rings. The van der Waals surface area contributed by atoms with Gasteiger partial charge in [-0.3, -0.25) is 4.90 Å². The van der Waals surface area contributed by atoms with Crippen molar-refractivity contribution < 1.29 is 4.74 Å². The Labute approximate surface area is 148 Å². The maximum Gasteiger partial charge on any atom is 0.151 e. The monoisotopic (exact) mass is 337 g/mol. The summed E-state index contributed by atoms with van der Waals surface area (Å²) in [5.41, 5.74) is 1.92. The van der Waals surface area contributed by atoms with Gasteiger partial charge >= 0.3 is 0 Å². The third-order valence-electron chi connectivity index (χ3n) is 4.40. The van der Waals surface area contributed by atoms with E-state index in [1.54, 1.807) is 6.20 Å². The molecule has 0 bridgehead atoms. The van der Waals surface area contributed by atoms with Crippen LogP contribution in [-0.2, 0) is 11.3 Å². The molecule has 0 spiro atoms. The van der Waals surface area contributed by atoms with Crippen LogP contribution in [0.4, 0.5) is 5.82 Å². The first-order valence-electron chi connectivity index (χ1n) is 8.64. The van der Waals surface area contributed by atoms with Crippen molar-refractivity contribution in [1.29, 1.82) is 5.26 Å². The molecule has 130 valence electrons. The second kappa shape index (κ2) is 8.56. The van der Waals surface area contributed by atoms with Gasteiger partial charge in [-0.15, -0.1) is 5.10 Å². The molecule has 1 aromatic carbocycles. The standard InChI is InChI=1S/C19H23N5O/c1-2-24(19-4-3-9-21-22-19)15-18-14-23(10-11-25-18)13-17-7-5-16(12-20)6-8-17/h3-9,18H,2,10-11,13-15H2,1H3/t18-/m1/s1. The molecule has 1 aliphatic heterocycles. The summed E-state index contributed by atoms with van der Waals surface area (Å²) in [6.07, 6.45) is 1.84. The number of ether oxygens (including phenoxy) is 1. The number of nitriles is 1. The summed E-state index contributed by atoms with van der Waals surface area (Å²) in [6, 6.07) is 13.9. The zero-order valence-electron chi connectivity index (χ0n) is 14.5. The highest BCUT2D eigenvalue weighted by Gasteiger charge is 2.23. The molecular weight excluding hydrogens is 314 g/mol. The van der Waals surface area contributed by atoms with Crippen LogP contribution in [0.2, 0.25) is 0 Å². The van der Waals surface area contributed by atoms with E-state index in [-0.39, 0.29) is 6.10 Å². The van der Waals surface area contributed by atoms with E-state index in [9.17, 15) is 0 Å². The van der Waals surface area contributed by atoms with Crippen LogP contribution in [0.25, 0.3) is 0 Å². The molecule has 1 saturated heterocycles. The summed E-state index contributed by atoms with van der Waals surface area (Å²) >= 11 is 0. The van der Waals surface area contributed by atoms with Crippen LogP contribution in [0, 0.1) is 11.3 Å². The number of likely N-dealkylation sites (N-methyl/N-ethyl adjacent to an activating group) is 1. The molecule has 25 heavy (non-hydrogen) atoms. The topological polar surface area (TPSA) is 65.3 Å². The zero-order chi connectivity index (χ0) is 17.5. The SMILES string of the molecule is CCN(C[C@H]1CN(Cc2ccc(C#N)cc2)CCO1)c1cccnn1. The van der Waals surface area contributed by atoms with Crippen molar-refractivity contribution in [1.82, 2.24) is 15.1 Å². The fraction of sp³-hybridized carbons (Fsp3) is 0.421. The lowest BCUT2D eigenvalue weighted by Crippen LogP contribution is -2.47. The summed E-state index contributed by atoms with van der Waals surface area (Å²) in [5.74, 6) is 0.887. The number of aromatic nitrogens is 2. The Bertz CT molecular complexity index is 698. The van der Waals surface area contributed by atoms with E-state index in [0.29, 0.717) is 5.56 Å². The molecule has 0 radical (unpaired) electrons. The minimum Gasteiger partial charge on any atom is -0.374 e. The minimum atomic E-state index is 0.147.